The van der Waals surface area contributed by atoms with Crippen LogP contribution in [-0.2, 0) is 0 Å². The van der Waals surface area contributed by atoms with E-state index >= 15 is 0 Å². The van der Waals surface area contributed by atoms with Gasteiger partial charge in [-0.15, -0.1) is 0 Å². The topological polar surface area (TPSA) is 80.7 Å². The predicted octanol–water partition coefficient (Wildman–Crippen LogP) is 2.28. The van der Waals surface area contributed by atoms with Gasteiger partial charge in [-0.3, -0.25) is 4.98 Å². The largest absolute Gasteiger partial charge is 0.455 e. The molecule has 0 saturated carbocycles. The summed E-state index contributed by atoms with van der Waals surface area (Å²) < 4.78 is 5.65. The maximum absolute atomic E-state index is 8.70. The van der Waals surface area contributed by atoms with Crippen molar-refractivity contribution in [3.8, 4) is 11.5 Å². The molecule has 2 aromatic rings. The van der Waals surface area contributed by atoms with Crippen LogP contribution in [0.25, 0.3) is 0 Å². The molecule has 0 fully saturated rings. The number of aromatic nitrogens is 1. The van der Waals surface area contributed by atoms with Crippen LogP contribution in [0.2, 0.25) is 0 Å². The molecule has 0 aliphatic carbocycles. The van der Waals surface area contributed by atoms with Gasteiger partial charge in [0.05, 0.1) is 11.8 Å². The number of hydrogen-bond donors (Lipinski definition) is 2. The molecule has 0 aliphatic rings. The van der Waals surface area contributed by atoms with Crippen molar-refractivity contribution < 1.29 is 9.94 Å². The van der Waals surface area contributed by atoms with Crippen molar-refractivity contribution in [2.75, 3.05) is 0 Å². The molecule has 5 nitrogen and oxygen atoms in total. The Morgan fingerprint density at radius 2 is 2.00 bits per heavy atom. The molecule has 0 bridgehead atoms. The molecule has 18 heavy (non-hydrogen) atoms. The van der Waals surface area contributed by atoms with Crippen LogP contribution in [0.15, 0.2) is 47.9 Å². The smallest absolute Gasteiger partial charge is 0.173 e. The van der Waals surface area contributed by atoms with E-state index in [0.29, 0.717) is 17.1 Å². The van der Waals surface area contributed by atoms with Gasteiger partial charge in [0.25, 0.3) is 0 Å². The molecular formula is C13H13N3O2. The van der Waals surface area contributed by atoms with E-state index in [4.69, 9.17) is 15.7 Å². The third-order valence-corrected chi connectivity index (χ3v) is 2.42. The maximum Gasteiger partial charge on any atom is 0.173 e. The Kier molecular flexibility index (Phi) is 3.43. The fourth-order valence-corrected chi connectivity index (χ4v) is 1.46. The van der Waals surface area contributed by atoms with Crippen molar-refractivity contribution in [3.05, 3.63) is 53.9 Å². The van der Waals surface area contributed by atoms with Crippen molar-refractivity contribution in [2.45, 2.75) is 6.92 Å². The first-order valence-electron chi connectivity index (χ1n) is 5.37. The van der Waals surface area contributed by atoms with Gasteiger partial charge in [0, 0.05) is 6.20 Å². The van der Waals surface area contributed by atoms with Gasteiger partial charge in [-0.2, -0.15) is 0 Å². The number of hydrogen-bond acceptors (Lipinski definition) is 4. The molecule has 3 N–H and O–H groups in total. The number of amidine groups is 1. The predicted molar refractivity (Wildman–Crippen MR) is 68.0 cm³/mol. The molecule has 0 spiro atoms. The van der Waals surface area contributed by atoms with Crippen LogP contribution in [0.5, 0.6) is 11.5 Å². The lowest BCUT2D eigenvalue weighted by atomic mass is 10.2. The second-order valence-corrected chi connectivity index (χ2v) is 3.77. The number of nitrogens with zero attached hydrogens (tertiary/aromatic N) is 2. The molecule has 1 heterocycles. The van der Waals surface area contributed by atoms with E-state index < -0.39 is 0 Å². The van der Waals surface area contributed by atoms with Gasteiger partial charge in [0.15, 0.2) is 11.6 Å². The van der Waals surface area contributed by atoms with Gasteiger partial charge < -0.3 is 15.7 Å². The number of pyridine rings is 1. The zero-order valence-corrected chi connectivity index (χ0v) is 9.87. The van der Waals surface area contributed by atoms with Crippen molar-refractivity contribution in [1.82, 2.24) is 4.98 Å². The Bertz CT molecular complexity index is 565. The van der Waals surface area contributed by atoms with E-state index in [1.807, 2.05) is 31.2 Å². The molecule has 92 valence electrons. The zero-order chi connectivity index (χ0) is 13.0. The van der Waals surface area contributed by atoms with Gasteiger partial charge in [-0.05, 0) is 25.1 Å². The molecule has 0 aliphatic heterocycles. The molecule has 0 amide bonds. The first kappa shape index (κ1) is 11.9. The molecule has 0 radical (unpaired) electrons. The number of aryl methyl sites for hydroxylation is 1. The molecule has 5 heteroatoms. The Balaban J connectivity index is 2.32. The standard InChI is InChI=1S/C13H13N3O2/c1-9-2-4-10(5-3-9)18-12-8-15-7-6-11(12)13(14)16-17/h2-8,17H,1H3,(H2,14,16). The fraction of sp³-hybridized carbons (Fsp3) is 0.0769. The summed E-state index contributed by atoms with van der Waals surface area (Å²) in [5, 5.41) is 11.7. The Hall–Kier alpha value is -2.56. The van der Waals surface area contributed by atoms with Crippen LogP contribution in [-0.4, -0.2) is 16.0 Å². The molecule has 1 aromatic heterocycles. The molecule has 0 atom stereocenters. The number of oxime groups is 1. The highest BCUT2D eigenvalue weighted by molar-refractivity contribution is 5.99. The molecule has 2 rings (SSSR count). The summed E-state index contributed by atoms with van der Waals surface area (Å²) >= 11 is 0. The van der Waals surface area contributed by atoms with Crippen molar-refractivity contribution >= 4 is 5.84 Å². The quantitative estimate of drug-likeness (QED) is 0.375. The van der Waals surface area contributed by atoms with Crippen LogP contribution in [0.1, 0.15) is 11.1 Å². The van der Waals surface area contributed by atoms with E-state index in [9.17, 15) is 0 Å². The van der Waals surface area contributed by atoms with E-state index in [-0.39, 0.29) is 5.84 Å². The van der Waals surface area contributed by atoms with Crippen LogP contribution >= 0.6 is 0 Å². The van der Waals surface area contributed by atoms with E-state index in [0.717, 1.165) is 5.56 Å². The lowest BCUT2D eigenvalue weighted by molar-refractivity contribution is 0.318. The molecular weight excluding hydrogens is 230 g/mol. The average molecular weight is 243 g/mol. The van der Waals surface area contributed by atoms with Gasteiger partial charge in [0.1, 0.15) is 5.75 Å². The molecule has 0 saturated heterocycles. The highest BCUT2D eigenvalue weighted by Gasteiger charge is 2.08. The number of ether oxygens (including phenoxy) is 1. The highest BCUT2D eigenvalue weighted by atomic mass is 16.5. The summed E-state index contributed by atoms with van der Waals surface area (Å²) in [4.78, 5) is 3.96. The summed E-state index contributed by atoms with van der Waals surface area (Å²) in [5.74, 6) is 1.09. The number of rotatable bonds is 3. The second kappa shape index (κ2) is 5.18. The summed E-state index contributed by atoms with van der Waals surface area (Å²) in [6.07, 6.45) is 3.07. The minimum atomic E-state index is -0.0143. The number of benzene rings is 1. The van der Waals surface area contributed by atoms with E-state index in [2.05, 4.69) is 10.1 Å². The average Bonchev–Trinajstić information content (AvgIpc) is 2.41. The van der Waals surface area contributed by atoms with Gasteiger partial charge >= 0.3 is 0 Å². The SMILES string of the molecule is Cc1ccc(Oc2cnccc2/C(N)=N/O)cc1. The van der Waals surface area contributed by atoms with E-state index in [1.54, 1.807) is 12.3 Å². The molecule has 0 unspecified atom stereocenters. The summed E-state index contributed by atoms with van der Waals surface area (Å²) in [7, 11) is 0. The van der Waals surface area contributed by atoms with Crippen LogP contribution in [0, 0.1) is 6.92 Å². The van der Waals surface area contributed by atoms with Gasteiger partial charge in [0.2, 0.25) is 0 Å². The second-order valence-electron chi connectivity index (χ2n) is 3.77. The Morgan fingerprint density at radius 3 is 2.67 bits per heavy atom. The normalized spacial score (nSPS) is 11.3. The third kappa shape index (κ3) is 2.57. The van der Waals surface area contributed by atoms with Crippen LogP contribution in [0.4, 0.5) is 0 Å². The van der Waals surface area contributed by atoms with Gasteiger partial charge in [-0.1, -0.05) is 22.9 Å². The van der Waals surface area contributed by atoms with Crippen molar-refractivity contribution in [1.29, 1.82) is 0 Å². The number of nitrogens with two attached hydrogens (primary N) is 1. The monoisotopic (exact) mass is 243 g/mol. The summed E-state index contributed by atoms with van der Waals surface area (Å²) in [6, 6.07) is 9.19. The summed E-state index contributed by atoms with van der Waals surface area (Å²) in [5.41, 5.74) is 7.20. The third-order valence-electron chi connectivity index (χ3n) is 2.42. The zero-order valence-electron chi connectivity index (χ0n) is 9.87. The summed E-state index contributed by atoms with van der Waals surface area (Å²) in [6.45, 7) is 2.00. The first-order chi connectivity index (χ1) is 8.70. The van der Waals surface area contributed by atoms with Crippen LogP contribution < -0.4 is 10.5 Å². The lowest BCUT2D eigenvalue weighted by Crippen LogP contribution is -2.14. The lowest BCUT2D eigenvalue weighted by Gasteiger charge is -2.09. The Labute approximate surface area is 105 Å². The Morgan fingerprint density at radius 1 is 1.28 bits per heavy atom. The van der Waals surface area contributed by atoms with Gasteiger partial charge in [-0.25, -0.2) is 0 Å². The fourth-order valence-electron chi connectivity index (χ4n) is 1.46. The van der Waals surface area contributed by atoms with Crippen LogP contribution in [0.3, 0.4) is 0 Å². The minimum absolute atomic E-state index is 0.0143. The van der Waals surface area contributed by atoms with Crippen molar-refractivity contribution in [3.63, 3.8) is 0 Å². The molecule has 1 aromatic carbocycles. The minimum Gasteiger partial charge on any atom is -0.455 e. The van der Waals surface area contributed by atoms with Crippen molar-refractivity contribution in [2.24, 2.45) is 10.9 Å². The van der Waals surface area contributed by atoms with E-state index in [1.165, 1.54) is 6.20 Å². The maximum atomic E-state index is 8.70. The highest BCUT2D eigenvalue weighted by Crippen LogP contribution is 2.24. The first-order valence-corrected chi connectivity index (χ1v) is 5.37.